The summed E-state index contributed by atoms with van der Waals surface area (Å²) in [6.07, 6.45) is 2.85. The Kier molecular flexibility index (Phi) is 4.77. The molecule has 0 saturated carbocycles. The third-order valence-corrected chi connectivity index (χ3v) is 4.47. The van der Waals surface area contributed by atoms with Gasteiger partial charge < -0.3 is 5.32 Å². The zero-order valence-electron chi connectivity index (χ0n) is 11.3. The molecule has 20 heavy (non-hydrogen) atoms. The van der Waals surface area contributed by atoms with Gasteiger partial charge in [-0.3, -0.25) is 4.79 Å². The molecule has 0 aromatic heterocycles. The van der Waals surface area contributed by atoms with Crippen molar-refractivity contribution in [3.63, 3.8) is 0 Å². The lowest BCUT2D eigenvalue weighted by Gasteiger charge is -2.11. The van der Waals surface area contributed by atoms with Gasteiger partial charge in [-0.05, 0) is 36.3 Å². The first kappa shape index (κ1) is 15.0. The molecule has 2 rings (SSSR count). The van der Waals surface area contributed by atoms with Gasteiger partial charge in [-0.1, -0.05) is 24.3 Å². The SMILES string of the molecule is NS(=O)(=O)CCCNC(=O)C[C@H]1CCc2ccccc21. The van der Waals surface area contributed by atoms with Gasteiger partial charge in [0.05, 0.1) is 5.75 Å². The van der Waals surface area contributed by atoms with Crippen molar-refractivity contribution in [1.29, 1.82) is 0 Å². The van der Waals surface area contributed by atoms with E-state index in [9.17, 15) is 13.2 Å². The molecule has 1 atom stereocenters. The number of amides is 1. The monoisotopic (exact) mass is 296 g/mol. The molecule has 0 bridgehead atoms. The van der Waals surface area contributed by atoms with Crippen molar-refractivity contribution in [1.82, 2.24) is 5.32 Å². The van der Waals surface area contributed by atoms with Crippen LogP contribution < -0.4 is 10.5 Å². The second kappa shape index (κ2) is 6.37. The van der Waals surface area contributed by atoms with Crippen LogP contribution in [0.2, 0.25) is 0 Å². The number of benzene rings is 1. The number of primary sulfonamides is 1. The molecular weight excluding hydrogens is 276 g/mol. The Hall–Kier alpha value is -1.40. The fraction of sp³-hybridized carbons (Fsp3) is 0.500. The van der Waals surface area contributed by atoms with Crippen LogP contribution in [0.3, 0.4) is 0 Å². The summed E-state index contributed by atoms with van der Waals surface area (Å²) >= 11 is 0. The van der Waals surface area contributed by atoms with E-state index in [1.54, 1.807) is 0 Å². The maximum atomic E-state index is 11.8. The third-order valence-electron chi connectivity index (χ3n) is 3.62. The normalized spacial score (nSPS) is 17.8. The van der Waals surface area contributed by atoms with E-state index in [0.29, 0.717) is 19.4 Å². The lowest BCUT2D eigenvalue weighted by Crippen LogP contribution is -2.28. The standard InChI is InChI=1S/C14H20N2O3S/c15-20(18,19)9-3-8-16-14(17)10-12-7-6-11-4-1-2-5-13(11)12/h1-2,4-5,12H,3,6-10H2,(H,16,17)(H2,15,18,19)/t12-/m1/s1. The van der Waals surface area contributed by atoms with E-state index in [0.717, 1.165) is 12.8 Å². The minimum absolute atomic E-state index is 0.0267. The highest BCUT2D eigenvalue weighted by Gasteiger charge is 2.23. The maximum absolute atomic E-state index is 11.8. The van der Waals surface area contributed by atoms with E-state index < -0.39 is 10.0 Å². The summed E-state index contributed by atoms with van der Waals surface area (Å²) in [5, 5.41) is 7.65. The average Bonchev–Trinajstić information content (AvgIpc) is 2.77. The second-order valence-corrected chi connectivity index (χ2v) is 6.94. The Morgan fingerprint density at radius 3 is 2.85 bits per heavy atom. The Balaban J connectivity index is 1.76. The molecule has 0 spiro atoms. The lowest BCUT2D eigenvalue weighted by molar-refractivity contribution is -0.121. The van der Waals surface area contributed by atoms with Gasteiger partial charge in [0.2, 0.25) is 15.9 Å². The Morgan fingerprint density at radius 1 is 1.35 bits per heavy atom. The molecule has 110 valence electrons. The van der Waals surface area contributed by atoms with Gasteiger partial charge in [0.25, 0.3) is 0 Å². The van der Waals surface area contributed by atoms with E-state index >= 15 is 0 Å². The van der Waals surface area contributed by atoms with Gasteiger partial charge in [-0.25, -0.2) is 13.6 Å². The van der Waals surface area contributed by atoms with Gasteiger partial charge in [0.1, 0.15) is 0 Å². The number of carbonyl (C=O) groups is 1. The summed E-state index contributed by atoms with van der Waals surface area (Å²) in [5.74, 6) is 0.157. The van der Waals surface area contributed by atoms with Crippen LogP contribution in [0.25, 0.3) is 0 Å². The van der Waals surface area contributed by atoms with E-state index in [1.807, 2.05) is 12.1 Å². The molecular formula is C14H20N2O3S. The first-order chi connectivity index (χ1) is 9.46. The largest absolute Gasteiger partial charge is 0.356 e. The average molecular weight is 296 g/mol. The summed E-state index contributed by atoms with van der Waals surface area (Å²) in [6, 6.07) is 8.22. The van der Waals surface area contributed by atoms with Crippen LogP contribution in [0.1, 0.15) is 36.3 Å². The van der Waals surface area contributed by atoms with Gasteiger partial charge in [0.15, 0.2) is 0 Å². The number of fused-ring (bicyclic) bond motifs is 1. The third kappa shape index (κ3) is 4.31. The second-order valence-electron chi connectivity index (χ2n) is 5.21. The van der Waals surface area contributed by atoms with E-state index in [4.69, 9.17) is 5.14 Å². The van der Waals surface area contributed by atoms with Crippen molar-refractivity contribution in [3.8, 4) is 0 Å². The van der Waals surface area contributed by atoms with Crippen LogP contribution in [0, 0.1) is 0 Å². The van der Waals surface area contributed by atoms with Crippen molar-refractivity contribution < 1.29 is 13.2 Å². The number of carbonyl (C=O) groups excluding carboxylic acids is 1. The Morgan fingerprint density at radius 2 is 2.10 bits per heavy atom. The molecule has 0 saturated heterocycles. The van der Waals surface area contributed by atoms with Gasteiger partial charge in [-0.2, -0.15) is 0 Å². The molecule has 0 aliphatic heterocycles. The van der Waals surface area contributed by atoms with Crippen LogP contribution in [-0.2, 0) is 21.2 Å². The quantitative estimate of drug-likeness (QED) is 0.764. The molecule has 6 heteroatoms. The van der Waals surface area contributed by atoms with Gasteiger partial charge >= 0.3 is 0 Å². The van der Waals surface area contributed by atoms with E-state index in [1.165, 1.54) is 11.1 Å². The Bertz CT molecular complexity index is 584. The number of nitrogens with two attached hydrogens (primary N) is 1. The highest BCUT2D eigenvalue weighted by molar-refractivity contribution is 7.89. The van der Waals surface area contributed by atoms with Crippen molar-refractivity contribution in [2.45, 2.75) is 31.6 Å². The fourth-order valence-corrected chi connectivity index (χ4v) is 3.20. The molecule has 5 nitrogen and oxygen atoms in total. The maximum Gasteiger partial charge on any atom is 0.220 e. The molecule has 1 aromatic carbocycles. The minimum Gasteiger partial charge on any atom is -0.356 e. The summed E-state index contributed by atoms with van der Waals surface area (Å²) in [4.78, 5) is 11.8. The molecule has 1 aromatic rings. The van der Waals surface area contributed by atoms with Crippen molar-refractivity contribution >= 4 is 15.9 Å². The molecule has 3 N–H and O–H groups in total. The first-order valence-corrected chi connectivity index (χ1v) is 8.52. The molecule has 1 aliphatic rings. The summed E-state index contributed by atoms with van der Waals surface area (Å²) < 4.78 is 21.5. The lowest BCUT2D eigenvalue weighted by atomic mass is 9.97. The van der Waals surface area contributed by atoms with Crippen molar-refractivity contribution in [3.05, 3.63) is 35.4 Å². The van der Waals surface area contributed by atoms with Crippen molar-refractivity contribution in [2.75, 3.05) is 12.3 Å². The summed E-state index contributed by atoms with van der Waals surface area (Å²) in [6.45, 7) is 0.351. The van der Waals surface area contributed by atoms with Crippen LogP contribution in [0.15, 0.2) is 24.3 Å². The smallest absolute Gasteiger partial charge is 0.220 e. The first-order valence-electron chi connectivity index (χ1n) is 6.81. The Labute approximate surface area is 119 Å². The van der Waals surface area contributed by atoms with Crippen LogP contribution in [0.4, 0.5) is 0 Å². The van der Waals surface area contributed by atoms with Gasteiger partial charge in [-0.15, -0.1) is 0 Å². The number of aryl methyl sites for hydroxylation is 1. The number of hydrogen-bond donors (Lipinski definition) is 2. The number of hydrogen-bond acceptors (Lipinski definition) is 3. The predicted molar refractivity (Wildman–Crippen MR) is 77.7 cm³/mol. The molecule has 1 aliphatic carbocycles. The fourth-order valence-electron chi connectivity index (χ4n) is 2.65. The highest BCUT2D eigenvalue weighted by Crippen LogP contribution is 2.34. The predicted octanol–water partition coefficient (Wildman–Crippen LogP) is 0.901. The topological polar surface area (TPSA) is 89.3 Å². The van der Waals surface area contributed by atoms with Crippen LogP contribution in [0.5, 0.6) is 0 Å². The molecule has 0 unspecified atom stereocenters. The molecule has 0 radical (unpaired) electrons. The molecule has 0 fully saturated rings. The zero-order chi connectivity index (χ0) is 14.6. The number of rotatable bonds is 6. The summed E-state index contributed by atoms with van der Waals surface area (Å²) in [7, 11) is -3.44. The van der Waals surface area contributed by atoms with Crippen LogP contribution in [-0.4, -0.2) is 26.6 Å². The van der Waals surface area contributed by atoms with E-state index in [2.05, 4.69) is 17.4 Å². The minimum atomic E-state index is -3.44. The number of nitrogens with one attached hydrogen (secondary N) is 1. The molecule has 1 amide bonds. The van der Waals surface area contributed by atoms with Crippen molar-refractivity contribution in [2.24, 2.45) is 5.14 Å². The zero-order valence-corrected chi connectivity index (χ0v) is 12.2. The van der Waals surface area contributed by atoms with E-state index in [-0.39, 0.29) is 17.6 Å². The molecule has 0 heterocycles. The van der Waals surface area contributed by atoms with Crippen LogP contribution >= 0.6 is 0 Å². The number of sulfonamides is 1. The summed E-state index contributed by atoms with van der Waals surface area (Å²) in [5.41, 5.74) is 2.60. The highest BCUT2D eigenvalue weighted by atomic mass is 32.2. The van der Waals surface area contributed by atoms with Gasteiger partial charge in [0, 0.05) is 13.0 Å².